The monoisotopic (exact) mass is 475 g/mol. The highest BCUT2D eigenvalue weighted by Gasteiger charge is 2.03. The lowest BCUT2D eigenvalue weighted by Gasteiger charge is -2.19. The van der Waals surface area contributed by atoms with Crippen LogP contribution in [0.4, 0.5) is 5.69 Å². The summed E-state index contributed by atoms with van der Waals surface area (Å²) in [6, 6.07) is 22.4. The van der Waals surface area contributed by atoms with Gasteiger partial charge >= 0.3 is 0 Å². The van der Waals surface area contributed by atoms with Crippen LogP contribution in [0, 0.1) is 23.7 Å². The molecule has 3 rings (SSSR count). The summed E-state index contributed by atoms with van der Waals surface area (Å²) >= 11 is 6.04. The van der Waals surface area contributed by atoms with Gasteiger partial charge in [0.25, 0.3) is 0 Å². The highest BCUT2D eigenvalue weighted by Crippen LogP contribution is 2.19. The summed E-state index contributed by atoms with van der Waals surface area (Å²) in [7, 11) is 3.26. The number of methoxy groups -OCH3 is 2. The zero-order chi connectivity index (χ0) is 24.0. The number of anilines is 1. The molecule has 0 fully saturated rings. The van der Waals surface area contributed by atoms with Crippen LogP contribution in [0.25, 0.3) is 0 Å². The molecule has 3 aromatic rings. The van der Waals surface area contributed by atoms with Gasteiger partial charge in [0.2, 0.25) is 0 Å². The fraction of sp³-hybridized carbons (Fsp3) is 0.214. The molecule has 0 N–H and O–H groups in total. The molecule has 34 heavy (non-hydrogen) atoms. The third-order valence-electron chi connectivity index (χ3n) is 4.72. The number of hydrogen-bond donors (Lipinski definition) is 0. The first-order valence-electron chi connectivity index (χ1n) is 10.6. The Labute approximate surface area is 206 Å². The Bertz CT molecular complexity index is 1070. The number of halogens is 1. The second-order valence-electron chi connectivity index (χ2n) is 6.97. The Morgan fingerprint density at radius 3 is 1.41 bits per heavy atom. The van der Waals surface area contributed by atoms with Gasteiger partial charge in [-0.3, -0.25) is 0 Å². The van der Waals surface area contributed by atoms with Crippen LogP contribution in [-0.2, 0) is 0 Å². The van der Waals surface area contributed by atoms with Crippen molar-refractivity contribution >= 4 is 17.3 Å². The Morgan fingerprint density at radius 2 is 1.00 bits per heavy atom. The SMILES string of the molecule is COc1ccc(OCC#CCN(CC#CCOc2ccc(OC)cc2)c2ccc(Cl)cc2)cc1. The Hall–Kier alpha value is -3.93. The molecule has 0 saturated carbocycles. The van der Waals surface area contributed by atoms with Crippen LogP contribution in [0.2, 0.25) is 5.02 Å². The van der Waals surface area contributed by atoms with E-state index in [1.165, 1.54) is 0 Å². The first-order valence-corrected chi connectivity index (χ1v) is 11.0. The first-order chi connectivity index (χ1) is 16.7. The molecule has 0 aliphatic carbocycles. The van der Waals surface area contributed by atoms with Crippen molar-refractivity contribution in [3.63, 3.8) is 0 Å². The summed E-state index contributed by atoms with van der Waals surface area (Å²) in [5.74, 6) is 15.5. The molecule has 6 heteroatoms. The number of benzene rings is 3. The lowest BCUT2D eigenvalue weighted by molar-refractivity contribution is 0.367. The number of rotatable bonds is 9. The molecule has 0 atom stereocenters. The van der Waals surface area contributed by atoms with Crippen LogP contribution in [-0.4, -0.2) is 40.5 Å². The predicted molar refractivity (Wildman–Crippen MR) is 136 cm³/mol. The van der Waals surface area contributed by atoms with E-state index in [9.17, 15) is 0 Å². The molecule has 0 radical (unpaired) electrons. The van der Waals surface area contributed by atoms with Gasteiger partial charge in [-0.1, -0.05) is 35.3 Å². The molecule has 0 aliphatic rings. The molecule has 0 saturated heterocycles. The van der Waals surface area contributed by atoms with Gasteiger partial charge in [0, 0.05) is 10.7 Å². The standard InChI is InChI=1S/C28H26ClNO4/c1-31-25-11-15-27(16-12-25)33-21-5-3-19-30(24-9-7-23(29)8-10-24)20-4-6-22-34-28-17-13-26(32-2)14-18-28/h7-18H,19-22H2,1-2H3. The van der Waals surface area contributed by atoms with E-state index >= 15 is 0 Å². The van der Waals surface area contributed by atoms with E-state index in [2.05, 4.69) is 28.6 Å². The average molecular weight is 476 g/mol. The van der Waals surface area contributed by atoms with Gasteiger partial charge in [-0.25, -0.2) is 0 Å². The molecular formula is C28H26ClNO4. The zero-order valence-electron chi connectivity index (χ0n) is 19.2. The Morgan fingerprint density at radius 1 is 0.588 bits per heavy atom. The van der Waals surface area contributed by atoms with Crippen molar-refractivity contribution in [1.82, 2.24) is 0 Å². The summed E-state index contributed by atoms with van der Waals surface area (Å²) < 4.78 is 21.6. The van der Waals surface area contributed by atoms with Crippen molar-refractivity contribution in [3.05, 3.63) is 77.8 Å². The Kier molecular flexibility index (Phi) is 9.87. The van der Waals surface area contributed by atoms with Crippen molar-refractivity contribution in [1.29, 1.82) is 0 Å². The van der Waals surface area contributed by atoms with Gasteiger partial charge in [-0.05, 0) is 72.8 Å². The van der Waals surface area contributed by atoms with Crippen molar-refractivity contribution in [3.8, 4) is 46.7 Å². The number of ether oxygens (including phenoxy) is 4. The van der Waals surface area contributed by atoms with Crippen molar-refractivity contribution in [2.24, 2.45) is 0 Å². The Balaban J connectivity index is 1.52. The molecule has 0 amide bonds. The maximum absolute atomic E-state index is 6.04. The minimum Gasteiger partial charge on any atom is -0.497 e. The highest BCUT2D eigenvalue weighted by molar-refractivity contribution is 6.30. The van der Waals surface area contributed by atoms with E-state index in [4.69, 9.17) is 30.5 Å². The minimum absolute atomic E-state index is 0.294. The molecule has 0 aromatic heterocycles. The molecule has 5 nitrogen and oxygen atoms in total. The number of hydrogen-bond acceptors (Lipinski definition) is 5. The topological polar surface area (TPSA) is 40.2 Å². The number of nitrogens with zero attached hydrogens (tertiary/aromatic N) is 1. The normalized spacial score (nSPS) is 9.62. The van der Waals surface area contributed by atoms with Crippen LogP contribution in [0.1, 0.15) is 0 Å². The summed E-state index contributed by atoms with van der Waals surface area (Å²) in [6.07, 6.45) is 0. The molecule has 0 unspecified atom stereocenters. The molecule has 174 valence electrons. The second kappa shape index (κ2) is 13.6. The van der Waals surface area contributed by atoms with Gasteiger partial charge < -0.3 is 23.8 Å². The largest absolute Gasteiger partial charge is 0.497 e. The quantitative estimate of drug-likeness (QED) is 0.391. The second-order valence-corrected chi connectivity index (χ2v) is 7.40. The summed E-state index contributed by atoms with van der Waals surface area (Å²) in [5, 5.41) is 0.682. The lowest BCUT2D eigenvalue weighted by atomic mass is 10.3. The molecule has 0 bridgehead atoms. The first kappa shape index (κ1) is 24.7. The smallest absolute Gasteiger partial charge is 0.149 e. The van der Waals surface area contributed by atoms with E-state index in [0.29, 0.717) is 31.3 Å². The van der Waals surface area contributed by atoms with Crippen molar-refractivity contribution in [2.75, 3.05) is 45.4 Å². The van der Waals surface area contributed by atoms with Crippen molar-refractivity contribution < 1.29 is 18.9 Å². The third kappa shape index (κ3) is 8.20. The van der Waals surface area contributed by atoms with E-state index in [1.54, 1.807) is 14.2 Å². The van der Waals surface area contributed by atoms with E-state index < -0.39 is 0 Å². The van der Waals surface area contributed by atoms with Crippen LogP contribution < -0.4 is 23.8 Å². The maximum atomic E-state index is 6.04. The van der Waals surface area contributed by atoms with Crippen LogP contribution >= 0.6 is 11.6 Å². The maximum Gasteiger partial charge on any atom is 0.149 e. The third-order valence-corrected chi connectivity index (χ3v) is 4.97. The minimum atomic E-state index is 0.294. The molecule has 3 aromatic carbocycles. The van der Waals surface area contributed by atoms with Gasteiger partial charge in [0.05, 0.1) is 27.3 Å². The summed E-state index contributed by atoms with van der Waals surface area (Å²) in [4.78, 5) is 2.07. The van der Waals surface area contributed by atoms with Gasteiger partial charge in [0.1, 0.15) is 36.2 Å². The van der Waals surface area contributed by atoms with Crippen LogP contribution in [0.15, 0.2) is 72.8 Å². The van der Waals surface area contributed by atoms with Gasteiger partial charge in [-0.2, -0.15) is 0 Å². The summed E-state index contributed by atoms with van der Waals surface area (Å²) in [5.41, 5.74) is 0.986. The van der Waals surface area contributed by atoms with E-state index in [0.717, 1.165) is 28.7 Å². The van der Waals surface area contributed by atoms with E-state index in [1.807, 2.05) is 72.8 Å². The average Bonchev–Trinajstić information content (AvgIpc) is 2.88. The molecule has 0 aliphatic heterocycles. The van der Waals surface area contributed by atoms with Gasteiger partial charge in [-0.15, -0.1) is 0 Å². The van der Waals surface area contributed by atoms with Crippen LogP contribution in [0.3, 0.4) is 0 Å². The van der Waals surface area contributed by atoms with E-state index in [-0.39, 0.29) is 0 Å². The highest BCUT2D eigenvalue weighted by atomic mass is 35.5. The van der Waals surface area contributed by atoms with Crippen molar-refractivity contribution in [2.45, 2.75) is 0 Å². The van der Waals surface area contributed by atoms with Crippen LogP contribution in [0.5, 0.6) is 23.0 Å². The molecule has 0 heterocycles. The fourth-order valence-electron chi connectivity index (χ4n) is 2.88. The molecular weight excluding hydrogens is 450 g/mol. The summed E-state index contributed by atoms with van der Waals surface area (Å²) in [6.45, 7) is 1.59. The lowest BCUT2D eigenvalue weighted by Crippen LogP contribution is -2.24. The fourth-order valence-corrected chi connectivity index (χ4v) is 3.00. The molecule has 0 spiro atoms. The van der Waals surface area contributed by atoms with Gasteiger partial charge in [0.15, 0.2) is 0 Å². The zero-order valence-corrected chi connectivity index (χ0v) is 20.0. The predicted octanol–water partition coefficient (Wildman–Crippen LogP) is 5.33.